The normalized spacial score (nSPS) is 10.1. The van der Waals surface area contributed by atoms with Gasteiger partial charge in [0.2, 0.25) is 0 Å². The Morgan fingerprint density at radius 1 is 1.25 bits per heavy atom. The van der Waals surface area contributed by atoms with E-state index >= 15 is 0 Å². The molecule has 1 aromatic heterocycles. The van der Waals surface area contributed by atoms with Crippen LogP contribution in [0.4, 0.5) is 15.8 Å². The molecule has 4 N–H and O–H groups in total. The number of pyridine rings is 1. The van der Waals surface area contributed by atoms with Crippen molar-refractivity contribution in [2.75, 3.05) is 11.1 Å². The minimum Gasteiger partial charge on any atom is -0.478 e. The van der Waals surface area contributed by atoms with Gasteiger partial charge in [-0.15, -0.1) is 0 Å². The minimum atomic E-state index is -1.27. The number of nitrogens with zero attached hydrogens (tertiary/aromatic N) is 1. The van der Waals surface area contributed by atoms with E-state index in [-0.39, 0.29) is 16.9 Å². The number of halogens is 1. The highest BCUT2D eigenvalue weighted by Gasteiger charge is 2.15. The molecule has 0 aliphatic carbocycles. The Bertz CT molecular complexity index is 671. The second-order valence-electron chi connectivity index (χ2n) is 3.93. The van der Waals surface area contributed by atoms with Crippen LogP contribution in [0.25, 0.3) is 0 Å². The van der Waals surface area contributed by atoms with Crippen LogP contribution in [0.2, 0.25) is 0 Å². The molecule has 1 aromatic carbocycles. The molecule has 0 bridgehead atoms. The summed E-state index contributed by atoms with van der Waals surface area (Å²) in [6.07, 6.45) is 1.29. The third-order valence-corrected chi connectivity index (χ3v) is 2.48. The minimum absolute atomic E-state index is 0.0415. The van der Waals surface area contributed by atoms with Crippen LogP contribution in [0.15, 0.2) is 36.5 Å². The Hall–Kier alpha value is -2.96. The number of anilines is 2. The van der Waals surface area contributed by atoms with Crippen molar-refractivity contribution in [2.45, 2.75) is 0 Å². The van der Waals surface area contributed by atoms with E-state index in [9.17, 15) is 14.0 Å². The average molecular weight is 275 g/mol. The van der Waals surface area contributed by atoms with E-state index in [4.69, 9.17) is 10.8 Å². The molecule has 0 saturated carbocycles. The number of hydrogen-bond donors (Lipinski definition) is 3. The fraction of sp³-hybridized carbons (Fsp3) is 0. The number of hydrogen-bond acceptors (Lipinski definition) is 4. The highest BCUT2D eigenvalue weighted by atomic mass is 19.1. The van der Waals surface area contributed by atoms with E-state index < -0.39 is 17.7 Å². The van der Waals surface area contributed by atoms with Crippen LogP contribution in [-0.4, -0.2) is 22.0 Å². The van der Waals surface area contributed by atoms with Crippen molar-refractivity contribution in [1.82, 2.24) is 4.98 Å². The summed E-state index contributed by atoms with van der Waals surface area (Å²) in [7, 11) is 0. The first-order chi connectivity index (χ1) is 9.47. The maximum atomic E-state index is 13.1. The summed E-state index contributed by atoms with van der Waals surface area (Å²) in [6.45, 7) is 0. The molecule has 0 aliphatic rings. The molecule has 2 aromatic rings. The summed E-state index contributed by atoms with van der Waals surface area (Å²) in [5.74, 6) is -2.58. The summed E-state index contributed by atoms with van der Waals surface area (Å²) in [5.41, 5.74) is 5.52. The van der Waals surface area contributed by atoms with Gasteiger partial charge in [0.05, 0.1) is 23.1 Å². The van der Waals surface area contributed by atoms with Crippen molar-refractivity contribution in [3.05, 3.63) is 53.6 Å². The predicted octanol–water partition coefficient (Wildman–Crippen LogP) is 1.75. The molecule has 0 fully saturated rings. The average Bonchev–Trinajstić information content (AvgIpc) is 2.39. The first-order valence-electron chi connectivity index (χ1n) is 5.53. The number of aromatic carboxylic acids is 1. The first kappa shape index (κ1) is 13.5. The number of nitrogen functional groups attached to an aromatic ring is 1. The molecule has 1 amide bonds. The number of amides is 1. The zero-order chi connectivity index (χ0) is 14.7. The molecule has 1 heterocycles. The molecule has 102 valence electrons. The van der Waals surface area contributed by atoms with E-state index in [0.717, 1.165) is 18.2 Å². The number of carboxylic acid groups (broad SMARTS) is 1. The lowest BCUT2D eigenvalue weighted by molar-refractivity contribution is 0.0698. The van der Waals surface area contributed by atoms with Crippen molar-refractivity contribution in [2.24, 2.45) is 0 Å². The van der Waals surface area contributed by atoms with E-state index in [1.54, 1.807) is 0 Å². The van der Waals surface area contributed by atoms with Gasteiger partial charge < -0.3 is 16.2 Å². The Morgan fingerprint density at radius 3 is 2.60 bits per heavy atom. The fourth-order valence-electron chi connectivity index (χ4n) is 1.53. The highest BCUT2D eigenvalue weighted by Crippen LogP contribution is 2.18. The van der Waals surface area contributed by atoms with Crippen molar-refractivity contribution in [1.29, 1.82) is 0 Å². The summed E-state index contributed by atoms with van der Waals surface area (Å²) in [5, 5.41) is 11.3. The SMILES string of the molecule is Nc1ccc(C(=O)Nc2cc(F)ccc2C(=O)O)nc1. The lowest BCUT2D eigenvalue weighted by Gasteiger charge is -2.08. The number of carbonyl (C=O) groups is 2. The molecule has 0 spiro atoms. The maximum absolute atomic E-state index is 13.1. The molecule has 0 atom stereocenters. The number of carbonyl (C=O) groups excluding carboxylic acids is 1. The van der Waals surface area contributed by atoms with Crippen LogP contribution in [0, 0.1) is 5.82 Å². The molecule has 2 rings (SSSR count). The molecule has 7 heteroatoms. The molecular formula is C13H10FN3O3. The van der Waals surface area contributed by atoms with E-state index in [1.807, 2.05) is 0 Å². The molecular weight excluding hydrogens is 265 g/mol. The van der Waals surface area contributed by atoms with Gasteiger partial charge in [0.25, 0.3) is 5.91 Å². The van der Waals surface area contributed by atoms with Crippen molar-refractivity contribution >= 4 is 23.3 Å². The van der Waals surface area contributed by atoms with E-state index in [1.165, 1.54) is 18.3 Å². The Morgan fingerprint density at radius 2 is 2.00 bits per heavy atom. The van der Waals surface area contributed by atoms with Crippen LogP contribution < -0.4 is 11.1 Å². The summed E-state index contributed by atoms with van der Waals surface area (Å²) in [4.78, 5) is 26.7. The summed E-state index contributed by atoms with van der Waals surface area (Å²) >= 11 is 0. The molecule has 0 aliphatic heterocycles. The number of aromatic nitrogens is 1. The van der Waals surface area contributed by atoms with Gasteiger partial charge in [0, 0.05) is 0 Å². The van der Waals surface area contributed by atoms with Gasteiger partial charge in [-0.3, -0.25) is 4.79 Å². The number of nitrogens with two attached hydrogens (primary N) is 1. The predicted molar refractivity (Wildman–Crippen MR) is 70.0 cm³/mol. The Labute approximate surface area is 113 Å². The van der Waals surface area contributed by atoms with Crippen LogP contribution >= 0.6 is 0 Å². The van der Waals surface area contributed by atoms with Crippen molar-refractivity contribution < 1.29 is 19.1 Å². The highest BCUT2D eigenvalue weighted by molar-refractivity contribution is 6.06. The zero-order valence-corrected chi connectivity index (χ0v) is 10.1. The number of carboxylic acids is 1. The maximum Gasteiger partial charge on any atom is 0.337 e. The first-order valence-corrected chi connectivity index (χ1v) is 5.53. The largest absolute Gasteiger partial charge is 0.478 e. The third-order valence-electron chi connectivity index (χ3n) is 2.48. The number of rotatable bonds is 3. The van der Waals surface area contributed by atoms with Crippen LogP contribution in [-0.2, 0) is 0 Å². The molecule has 6 nitrogen and oxygen atoms in total. The van der Waals surface area contributed by atoms with Gasteiger partial charge in [-0.25, -0.2) is 14.2 Å². The Balaban J connectivity index is 2.29. The monoisotopic (exact) mass is 275 g/mol. The topological polar surface area (TPSA) is 105 Å². The second-order valence-corrected chi connectivity index (χ2v) is 3.93. The van der Waals surface area contributed by atoms with Crippen LogP contribution in [0.3, 0.4) is 0 Å². The Kier molecular flexibility index (Phi) is 3.60. The van der Waals surface area contributed by atoms with Crippen LogP contribution in [0.1, 0.15) is 20.8 Å². The van der Waals surface area contributed by atoms with Crippen molar-refractivity contribution in [3.8, 4) is 0 Å². The fourth-order valence-corrected chi connectivity index (χ4v) is 1.53. The lowest BCUT2D eigenvalue weighted by atomic mass is 10.1. The van der Waals surface area contributed by atoms with Gasteiger partial charge in [-0.1, -0.05) is 0 Å². The quantitative estimate of drug-likeness (QED) is 0.791. The molecule has 0 radical (unpaired) electrons. The van der Waals surface area contributed by atoms with E-state index in [2.05, 4.69) is 10.3 Å². The van der Waals surface area contributed by atoms with Crippen LogP contribution in [0.5, 0.6) is 0 Å². The number of benzene rings is 1. The van der Waals surface area contributed by atoms with Gasteiger partial charge >= 0.3 is 5.97 Å². The van der Waals surface area contributed by atoms with E-state index in [0.29, 0.717) is 5.69 Å². The molecule has 0 unspecified atom stereocenters. The second kappa shape index (κ2) is 5.35. The zero-order valence-electron chi connectivity index (χ0n) is 10.1. The third kappa shape index (κ3) is 2.89. The molecule has 0 saturated heterocycles. The standard InChI is InChI=1S/C13H10FN3O3/c14-7-1-3-9(13(19)20)11(5-7)17-12(18)10-4-2-8(15)6-16-10/h1-6H,15H2,(H,17,18)(H,19,20). The van der Waals surface area contributed by atoms with Gasteiger partial charge in [-0.2, -0.15) is 0 Å². The van der Waals surface area contributed by atoms with Crippen molar-refractivity contribution in [3.63, 3.8) is 0 Å². The number of nitrogens with one attached hydrogen (secondary N) is 1. The van der Waals surface area contributed by atoms with Gasteiger partial charge in [0.1, 0.15) is 11.5 Å². The lowest BCUT2D eigenvalue weighted by Crippen LogP contribution is -2.16. The van der Waals surface area contributed by atoms with Gasteiger partial charge in [-0.05, 0) is 30.3 Å². The summed E-state index contributed by atoms with van der Waals surface area (Å²) in [6, 6.07) is 5.86. The smallest absolute Gasteiger partial charge is 0.337 e. The van der Waals surface area contributed by atoms with Gasteiger partial charge in [0.15, 0.2) is 0 Å². The molecule has 20 heavy (non-hydrogen) atoms. The summed E-state index contributed by atoms with van der Waals surface area (Å²) < 4.78 is 13.1.